The van der Waals surface area contributed by atoms with Crippen LogP contribution in [0.4, 0.5) is 0 Å². The first-order chi connectivity index (χ1) is 7.64. The van der Waals surface area contributed by atoms with E-state index in [4.69, 9.17) is 5.73 Å². The molecule has 1 fully saturated rings. The average Bonchev–Trinajstić information content (AvgIpc) is 2.29. The smallest absolute Gasteiger partial charge is 0.220 e. The molecular weight excluding hydrogens is 200 g/mol. The van der Waals surface area contributed by atoms with Crippen molar-refractivity contribution in [2.75, 3.05) is 6.54 Å². The van der Waals surface area contributed by atoms with Crippen molar-refractivity contribution in [1.82, 2.24) is 5.32 Å². The quantitative estimate of drug-likeness (QED) is 0.755. The zero-order valence-electron chi connectivity index (χ0n) is 10.7. The van der Waals surface area contributed by atoms with Gasteiger partial charge in [-0.15, -0.1) is 0 Å². The second-order valence-electron chi connectivity index (χ2n) is 5.16. The largest absolute Gasteiger partial charge is 0.349 e. The standard InChI is InChI=1S/C13H26N2O/c1-3-4-8-12(16)15-13(10-14)9-6-5-7-11(13)2/h11H,3-10,14H2,1-2H3,(H,15,16). The summed E-state index contributed by atoms with van der Waals surface area (Å²) < 4.78 is 0. The normalized spacial score (nSPS) is 30.1. The number of amides is 1. The Bertz CT molecular complexity index is 230. The van der Waals surface area contributed by atoms with E-state index in [0.717, 1.165) is 19.3 Å². The van der Waals surface area contributed by atoms with E-state index < -0.39 is 0 Å². The molecule has 1 saturated carbocycles. The fourth-order valence-corrected chi connectivity index (χ4v) is 2.63. The number of carbonyl (C=O) groups is 1. The minimum absolute atomic E-state index is 0.122. The molecule has 16 heavy (non-hydrogen) atoms. The molecule has 0 saturated heterocycles. The molecule has 2 atom stereocenters. The molecule has 1 rings (SSSR count). The lowest BCUT2D eigenvalue weighted by atomic mass is 9.73. The van der Waals surface area contributed by atoms with Crippen molar-refractivity contribution in [3.8, 4) is 0 Å². The summed E-state index contributed by atoms with van der Waals surface area (Å²) in [6, 6.07) is 0. The van der Waals surface area contributed by atoms with Crippen molar-refractivity contribution in [3.63, 3.8) is 0 Å². The fourth-order valence-electron chi connectivity index (χ4n) is 2.63. The summed E-state index contributed by atoms with van der Waals surface area (Å²) in [5.41, 5.74) is 5.77. The Kier molecular flexibility index (Phi) is 5.26. The van der Waals surface area contributed by atoms with Crippen LogP contribution in [0, 0.1) is 5.92 Å². The van der Waals surface area contributed by atoms with Gasteiger partial charge < -0.3 is 11.1 Å². The highest BCUT2D eigenvalue weighted by Gasteiger charge is 2.37. The third-order valence-corrected chi connectivity index (χ3v) is 3.96. The summed E-state index contributed by atoms with van der Waals surface area (Å²) in [6.07, 6.45) is 7.38. The Hall–Kier alpha value is -0.570. The molecule has 1 aliphatic rings. The number of hydrogen-bond acceptors (Lipinski definition) is 2. The molecule has 94 valence electrons. The molecule has 0 heterocycles. The van der Waals surface area contributed by atoms with Gasteiger partial charge in [-0.2, -0.15) is 0 Å². The molecule has 0 aliphatic heterocycles. The Balaban J connectivity index is 2.54. The summed E-state index contributed by atoms with van der Waals surface area (Å²) in [4.78, 5) is 11.8. The first-order valence-electron chi connectivity index (χ1n) is 6.65. The molecule has 3 N–H and O–H groups in total. The number of nitrogens with one attached hydrogen (secondary N) is 1. The highest BCUT2D eigenvalue weighted by atomic mass is 16.1. The molecule has 3 heteroatoms. The molecule has 0 spiro atoms. The Morgan fingerprint density at radius 3 is 2.81 bits per heavy atom. The van der Waals surface area contributed by atoms with Crippen molar-refractivity contribution in [3.05, 3.63) is 0 Å². The molecule has 0 aromatic carbocycles. The van der Waals surface area contributed by atoms with Crippen LogP contribution in [-0.2, 0) is 4.79 Å². The van der Waals surface area contributed by atoms with Crippen LogP contribution in [0.3, 0.4) is 0 Å². The first-order valence-corrected chi connectivity index (χ1v) is 6.65. The Morgan fingerprint density at radius 1 is 1.50 bits per heavy atom. The van der Waals surface area contributed by atoms with Crippen molar-refractivity contribution in [1.29, 1.82) is 0 Å². The molecular formula is C13H26N2O. The third-order valence-electron chi connectivity index (χ3n) is 3.96. The third kappa shape index (κ3) is 3.21. The topological polar surface area (TPSA) is 55.1 Å². The van der Waals surface area contributed by atoms with E-state index in [1.165, 1.54) is 19.3 Å². The predicted molar refractivity (Wildman–Crippen MR) is 67.1 cm³/mol. The van der Waals surface area contributed by atoms with Crippen LogP contribution >= 0.6 is 0 Å². The number of carbonyl (C=O) groups excluding carboxylic acids is 1. The van der Waals surface area contributed by atoms with Gasteiger partial charge in [-0.25, -0.2) is 0 Å². The van der Waals surface area contributed by atoms with Crippen LogP contribution in [0.1, 0.15) is 58.8 Å². The average molecular weight is 226 g/mol. The second-order valence-corrected chi connectivity index (χ2v) is 5.16. The zero-order valence-corrected chi connectivity index (χ0v) is 10.7. The van der Waals surface area contributed by atoms with Gasteiger partial charge in [0.05, 0.1) is 5.54 Å². The van der Waals surface area contributed by atoms with Gasteiger partial charge >= 0.3 is 0 Å². The lowest BCUT2D eigenvalue weighted by Crippen LogP contribution is -2.59. The molecule has 0 bridgehead atoms. The van der Waals surface area contributed by atoms with Gasteiger partial charge in [-0.1, -0.05) is 33.1 Å². The minimum Gasteiger partial charge on any atom is -0.349 e. The second kappa shape index (κ2) is 6.24. The van der Waals surface area contributed by atoms with Gasteiger partial charge in [-0.3, -0.25) is 4.79 Å². The predicted octanol–water partition coefficient (Wildman–Crippen LogP) is 2.20. The summed E-state index contributed by atoms with van der Waals surface area (Å²) >= 11 is 0. The van der Waals surface area contributed by atoms with Gasteiger partial charge in [0.2, 0.25) is 5.91 Å². The van der Waals surface area contributed by atoms with Crippen LogP contribution in [0.25, 0.3) is 0 Å². The summed E-state index contributed by atoms with van der Waals surface area (Å²) in [5, 5.41) is 3.20. The molecule has 2 unspecified atom stereocenters. The lowest BCUT2D eigenvalue weighted by Gasteiger charge is -2.42. The minimum atomic E-state index is -0.122. The molecule has 1 aliphatic carbocycles. The van der Waals surface area contributed by atoms with Crippen LogP contribution in [0.15, 0.2) is 0 Å². The maximum absolute atomic E-state index is 11.8. The summed E-state index contributed by atoms with van der Waals surface area (Å²) in [7, 11) is 0. The van der Waals surface area contributed by atoms with E-state index in [-0.39, 0.29) is 11.4 Å². The van der Waals surface area contributed by atoms with Gasteiger partial charge in [0.1, 0.15) is 0 Å². The highest BCUT2D eigenvalue weighted by molar-refractivity contribution is 5.76. The molecule has 3 nitrogen and oxygen atoms in total. The maximum atomic E-state index is 11.8. The van der Waals surface area contributed by atoms with Gasteiger partial charge in [0.15, 0.2) is 0 Å². The van der Waals surface area contributed by atoms with Crippen LogP contribution in [0.5, 0.6) is 0 Å². The molecule has 1 amide bonds. The van der Waals surface area contributed by atoms with E-state index in [9.17, 15) is 4.79 Å². The highest BCUT2D eigenvalue weighted by Crippen LogP contribution is 2.32. The van der Waals surface area contributed by atoms with Crippen molar-refractivity contribution in [2.24, 2.45) is 11.7 Å². The van der Waals surface area contributed by atoms with E-state index in [2.05, 4.69) is 19.2 Å². The van der Waals surface area contributed by atoms with Gasteiger partial charge in [0.25, 0.3) is 0 Å². The lowest BCUT2D eigenvalue weighted by molar-refractivity contribution is -0.124. The van der Waals surface area contributed by atoms with Crippen LogP contribution in [-0.4, -0.2) is 18.0 Å². The SMILES string of the molecule is CCCCC(=O)NC1(CN)CCCCC1C. The number of rotatable bonds is 5. The maximum Gasteiger partial charge on any atom is 0.220 e. The van der Waals surface area contributed by atoms with Crippen molar-refractivity contribution >= 4 is 5.91 Å². The number of nitrogens with two attached hydrogens (primary N) is 1. The molecule has 0 radical (unpaired) electrons. The van der Waals surface area contributed by atoms with Crippen molar-refractivity contribution < 1.29 is 4.79 Å². The Labute approximate surface area is 99.2 Å². The van der Waals surface area contributed by atoms with E-state index >= 15 is 0 Å². The molecule has 0 aromatic rings. The Morgan fingerprint density at radius 2 is 2.25 bits per heavy atom. The molecule has 0 aromatic heterocycles. The number of hydrogen-bond donors (Lipinski definition) is 2. The summed E-state index contributed by atoms with van der Waals surface area (Å²) in [6.45, 7) is 4.90. The van der Waals surface area contributed by atoms with Crippen molar-refractivity contribution in [2.45, 2.75) is 64.3 Å². The van der Waals surface area contributed by atoms with Gasteiger partial charge in [-0.05, 0) is 25.2 Å². The van der Waals surface area contributed by atoms with Crippen LogP contribution in [0.2, 0.25) is 0 Å². The van der Waals surface area contributed by atoms with E-state index in [1.807, 2.05) is 0 Å². The summed E-state index contributed by atoms with van der Waals surface area (Å²) in [5.74, 6) is 0.692. The van der Waals surface area contributed by atoms with Crippen LogP contribution < -0.4 is 11.1 Å². The van der Waals surface area contributed by atoms with E-state index in [1.54, 1.807) is 0 Å². The number of unbranched alkanes of at least 4 members (excludes halogenated alkanes) is 1. The van der Waals surface area contributed by atoms with E-state index in [0.29, 0.717) is 18.9 Å². The fraction of sp³-hybridized carbons (Fsp3) is 0.923. The first kappa shape index (κ1) is 13.5. The monoisotopic (exact) mass is 226 g/mol. The zero-order chi connectivity index (χ0) is 12.0. The van der Waals surface area contributed by atoms with Gasteiger partial charge in [0, 0.05) is 13.0 Å².